The summed E-state index contributed by atoms with van der Waals surface area (Å²) in [6.07, 6.45) is 2.95. The van der Waals surface area contributed by atoms with Crippen LogP contribution in [0, 0.1) is 6.92 Å². The molecule has 3 amide bonds. The van der Waals surface area contributed by atoms with Gasteiger partial charge in [0.25, 0.3) is 11.8 Å². The molecule has 2 aromatic heterocycles. The van der Waals surface area contributed by atoms with Gasteiger partial charge in [-0.25, -0.2) is 4.98 Å². The van der Waals surface area contributed by atoms with Crippen molar-refractivity contribution in [3.63, 3.8) is 0 Å². The first-order valence-electron chi connectivity index (χ1n) is 15.0. The average molecular weight is 671 g/mol. The van der Waals surface area contributed by atoms with E-state index in [0.717, 1.165) is 27.3 Å². The molecule has 0 aliphatic heterocycles. The Morgan fingerprint density at radius 2 is 1.58 bits per heavy atom. The lowest BCUT2D eigenvalue weighted by molar-refractivity contribution is -0.116. The molecule has 0 aliphatic rings. The van der Waals surface area contributed by atoms with Gasteiger partial charge in [-0.1, -0.05) is 84.4 Å². The highest BCUT2D eigenvalue weighted by Gasteiger charge is 2.24. The van der Waals surface area contributed by atoms with E-state index in [1.54, 1.807) is 54.6 Å². The molecular formula is C38H30N4O4S2. The van der Waals surface area contributed by atoms with Gasteiger partial charge in [0.15, 0.2) is 5.13 Å². The van der Waals surface area contributed by atoms with Gasteiger partial charge in [-0.15, -0.1) is 23.1 Å². The van der Waals surface area contributed by atoms with Crippen LogP contribution in [0.4, 0.5) is 10.8 Å². The molecule has 0 spiro atoms. The highest BCUT2D eigenvalue weighted by molar-refractivity contribution is 8.00. The first kappa shape index (κ1) is 32.2. The number of thiazole rings is 1. The third-order valence-corrected chi connectivity index (χ3v) is 9.13. The van der Waals surface area contributed by atoms with Crippen LogP contribution >= 0.6 is 23.1 Å². The molecule has 0 radical (unpaired) electrons. The smallest absolute Gasteiger partial charge is 0.272 e. The minimum absolute atomic E-state index is 0.00635. The monoisotopic (exact) mass is 670 g/mol. The summed E-state index contributed by atoms with van der Waals surface area (Å²) >= 11 is 2.72. The molecule has 2 heterocycles. The summed E-state index contributed by atoms with van der Waals surface area (Å²) in [7, 11) is 0. The van der Waals surface area contributed by atoms with Crippen molar-refractivity contribution >= 4 is 57.7 Å². The van der Waals surface area contributed by atoms with Crippen LogP contribution in [0.25, 0.3) is 17.3 Å². The lowest BCUT2D eigenvalue weighted by Gasteiger charge is -2.17. The average Bonchev–Trinajstić information content (AvgIpc) is 3.81. The van der Waals surface area contributed by atoms with Crippen molar-refractivity contribution in [3.05, 3.63) is 161 Å². The number of anilines is 2. The Morgan fingerprint density at radius 3 is 2.31 bits per heavy atom. The zero-order valence-corrected chi connectivity index (χ0v) is 27.4. The van der Waals surface area contributed by atoms with Crippen LogP contribution in [0.1, 0.15) is 32.5 Å². The number of hydrogen-bond donors (Lipinski definition) is 3. The lowest BCUT2D eigenvalue weighted by Crippen LogP contribution is -2.30. The van der Waals surface area contributed by atoms with E-state index in [9.17, 15) is 14.4 Å². The van der Waals surface area contributed by atoms with Gasteiger partial charge >= 0.3 is 0 Å². The number of nitrogens with zero attached hydrogens (tertiary/aromatic N) is 1. The van der Waals surface area contributed by atoms with Crippen LogP contribution in [0.3, 0.4) is 0 Å². The highest BCUT2D eigenvalue weighted by Crippen LogP contribution is 2.38. The predicted octanol–water partition coefficient (Wildman–Crippen LogP) is 8.59. The zero-order valence-electron chi connectivity index (χ0n) is 25.8. The SMILES string of the molecule is Cc1ccc(-c2csc(NC(=O)C(Sc3cccc(NC(=O)/C(=C/c4ccco4)NC(=O)c4ccccc4)c3)c3ccccc3)n2)cc1. The topological polar surface area (TPSA) is 113 Å². The molecular weight excluding hydrogens is 641 g/mol. The van der Waals surface area contributed by atoms with Crippen LogP contribution in [0.5, 0.6) is 0 Å². The van der Waals surface area contributed by atoms with Crippen LogP contribution in [0.2, 0.25) is 0 Å². The van der Waals surface area contributed by atoms with E-state index >= 15 is 0 Å². The first-order valence-corrected chi connectivity index (χ1v) is 16.8. The predicted molar refractivity (Wildman–Crippen MR) is 192 cm³/mol. The van der Waals surface area contributed by atoms with Gasteiger partial charge in [0.1, 0.15) is 16.7 Å². The van der Waals surface area contributed by atoms with Gasteiger partial charge < -0.3 is 20.4 Å². The van der Waals surface area contributed by atoms with Crippen LogP contribution in [-0.4, -0.2) is 22.7 Å². The lowest BCUT2D eigenvalue weighted by atomic mass is 10.1. The van der Waals surface area contributed by atoms with Gasteiger partial charge in [-0.2, -0.15) is 0 Å². The molecule has 8 nitrogen and oxygen atoms in total. The van der Waals surface area contributed by atoms with Gasteiger partial charge in [-0.05, 0) is 55.0 Å². The van der Waals surface area contributed by atoms with Crippen LogP contribution in [0.15, 0.2) is 148 Å². The maximum absolute atomic E-state index is 13.7. The fraction of sp³-hybridized carbons (Fsp3) is 0.0526. The Morgan fingerprint density at radius 1 is 0.833 bits per heavy atom. The van der Waals surface area contributed by atoms with Gasteiger partial charge in [-0.3, -0.25) is 14.4 Å². The number of rotatable bonds is 11. The minimum atomic E-state index is -0.608. The summed E-state index contributed by atoms with van der Waals surface area (Å²) in [5.74, 6) is -0.794. The summed E-state index contributed by atoms with van der Waals surface area (Å²) in [5.41, 5.74) is 4.65. The molecule has 6 rings (SSSR count). The van der Waals surface area contributed by atoms with E-state index < -0.39 is 17.1 Å². The number of hydrogen-bond acceptors (Lipinski definition) is 7. The molecule has 6 aromatic rings. The van der Waals surface area contributed by atoms with Crippen molar-refractivity contribution < 1.29 is 18.8 Å². The molecule has 3 N–H and O–H groups in total. The van der Waals surface area contributed by atoms with E-state index in [2.05, 4.69) is 20.9 Å². The molecule has 10 heteroatoms. The Hall–Kier alpha value is -5.71. The first-order chi connectivity index (χ1) is 23.4. The van der Waals surface area contributed by atoms with Gasteiger partial charge in [0, 0.05) is 33.2 Å². The second-order valence-corrected chi connectivity index (χ2v) is 12.7. The standard InChI is InChI=1S/C38H30N4O4S2/c1-25-17-19-26(20-18-25)33-24-47-38(41-33)42-37(45)34(27-10-4-2-5-11-27)48-31-16-8-14-29(22-31)39-36(44)32(23-30-15-9-21-46-30)40-35(43)28-12-6-3-7-13-28/h2-24,34H,1H3,(H,39,44)(H,40,43)(H,41,42,45)/b32-23-. The van der Waals surface area contributed by atoms with Crippen molar-refractivity contribution in [2.75, 3.05) is 10.6 Å². The van der Waals surface area contributed by atoms with E-state index in [1.165, 1.54) is 35.4 Å². The molecule has 238 valence electrons. The Kier molecular flexibility index (Phi) is 10.2. The largest absolute Gasteiger partial charge is 0.465 e. The third-order valence-electron chi connectivity index (χ3n) is 7.13. The van der Waals surface area contributed by atoms with E-state index in [-0.39, 0.29) is 11.6 Å². The molecule has 48 heavy (non-hydrogen) atoms. The number of carbonyl (C=O) groups is 3. The molecule has 0 saturated heterocycles. The van der Waals surface area contributed by atoms with E-state index in [4.69, 9.17) is 4.42 Å². The summed E-state index contributed by atoms with van der Waals surface area (Å²) in [6.45, 7) is 2.03. The van der Waals surface area contributed by atoms with Crippen LogP contribution < -0.4 is 16.0 Å². The number of aromatic nitrogens is 1. The zero-order chi connectivity index (χ0) is 33.3. The summed E-state index contributed by atoms with van der Waals surface area (Å²) in [4.78, 5) is 45.5. The molecule has 0 fully saturated rings. The third kappa shape index (κ3) is 8.35. The second-order valence-electron chi connectivity index (χ2n) is 10.7. The van der Waals surface area contributed by atoms with Crippen molar-refractivity contribution in [2.45, 2.75) is 17.1 Å². The molecule has 0 saturated carbocycles. The fourth-order valence-corrected chi connectivity index (χ4v) is 6.51. The van der Waals surface area contributed by atoms with Crippen LogP contribution in [-0.2, 0) is 9.59 Å². The fourth-order valence-electron chi connectivity index (χ4n) is 4.70. The number of thioether (sulfide) groups is 1. The highest BCUT2D eigenvalue weighted by atomic mass is 32.2. The van der Waals surface area contributed by atoms with Crippen molar-refractivity contribution in [1.29, 1.82) is 0 Å². The number of nitrogens with one attached hydrogen (secondary N) is 3. The number of carbonyl (C=O) groups excluding carboxylic acids is 3. The van der Waals surface area contributed by atoms with Gasteiger partial charge in [0.2, 0.25) is 5.91 Å². The Bertz CT molecular complexity index is 2040. The number of benzene rings is 4. The number of aryl methyl sites for hydroxylation is 1. The summed E-state index contributed by atoms with van der Waals surface area (Å²) in [5, 5.41) is 10.4. The molecule has 1 unspecified atom stereocenters. The van der Waals surface area contributed by atoms with Crippen molar-refractivity contribution in [2.24, 2.45) is 0 Å². The maximum atomic E-state index is 13.7. The minimum Gasteiger partial charge on any atom is -0.465 e. The van der Waals surface area contributed by atoms with Crippen molar-refractivity contribution in [1.82, 2.24) is 10.3 Å². The quantitative estimate of drug-likeness (QED) is 0.0940. The normalized spacial score (nSPS) is 11.8. The summed E-state index contributed by atoms with van der Waals surface area (Å²) < 4.78 is 5.40. The van der Waals surface area contributed by atoms with E-state index in [1.807, 2.05) is 79.0 Å². The molecule has 0 bridgehead atoms. The Balaban J connectivity index is 1.19. The van der Waals surface area contributed by atoms with E-state index in [0.29, 0.717) is 22.1 Å². The molecule has 0 aliphatic carbocycles. The van der Waals surface area contributed by atoms with Crippen molar-refractivity contribution in [3.8, 4) is 11.3 Å². The summed E-state index contributed by atoms with van der Waals surface area (Å²) in [6, 6.07) is 36.8. The number of furan rings is 1. The maximum Gasteiger partial charge on any atom is 0.272 e. The molecule has 1 atom stereocenters. The van der Waals surface area contributed by atoms with Gasteiger partial charge in [0.05, 0.1) is 12.0 Å². The Labute approximate surface area is 285 Å². The molecule has 4 aromatic carbocycles. The second kappa shape index (κ2) is 15.3. The number of amides is 3.